The fourth-order valence-corrected chi connectivity index (χ4v) is 3.51. The van der Waals surface area contributed by atoms with Gasteiger partial charge in [-0.2, -0.15) is 18.4 Å². The van der Waals surface area contributed by atoms with Crippen LogP contribution in [0.25, 0.3) is 11.1 Å². The van der Waals surface area contributed by atoms with Gasteiger partial charge in [-0.25, -0.2) is 0 Å². The Morgan fingerprint density at radius 1 is 1.13 bits per heavy atom. The van der Waals surface area contributed by atoms with E-state index in [0.717, 1.165) is 11.1 Å². The third-order valence-corrected chi connectivity index (χ3v) is 5.59. The Labute approximate surface area is 184 Å². The maximum atomic E-state index is 13.9. The van der Waals surface area contributed by atoms with Gasteiger partial charge in [-0.1, -0.05) is 61.3 Å². The van der Waals surface area contributed by atoms with Crippen molar-refractivity contribution in [2.45, 2.75) is 56.4 Å². The largest absolute Gasteiger partial charge is 0.407 e. The van der Waals surface area contributed by atoms with Gasteiger partial charge in [-0.15, -0.1) is 0 Å². The first-order chi connectivity index (χ1) is 14.7. The number of nitriles is 1. The minimum absolute atomic E-state index is 0.0144. The van der Waals surface area contributed by atoms with E-state index in [1.807, 2.05) is 6.07 Å². The number of alkyl halides is 3. The minimum atomic E-state index is -4.60. The van der Waals surface area contributed by atoms with E-state index in [1.54, 1.807) is 43.3 Å². The third-order valence-electron chi connectivity index (χ3n) is 5.34. The number of amides is 1. The summed E-state index contributed by atoms with van der Waals surface area (Å²) in [5.41, 5.74) is 0.676. The molecule has 0 aromatic heterocycles. The third kappa shape index (κ3) is 5.78. The van der Waals surface area contributed by atoms with Crippen LogP contribution in [0.1, 0.15) is 44.2 Å². The van der Waals surface area contributed by atoms with E-state index in [9.17, 15) is 18.0 Å². The van der Waals surface area contributed by atoms with Crippen LogP contribution in [0.15, 0.2) is 48.5 Å². The van der Waals surface area contributed by atoms with Crippen LogP contribution in [0.4, 0.5) is 13.2 Å². The lowest BCUT2D eigenvalue weighted by Gasteiger charge is -2.28. The Morgan fingerprint density at radius 3 is 2.13 bits per heavy atom. The molecule has 0 aliphatic heterocycles. The number of carbonyl (C=O) groups is 1. The molecule has 0 radical (unpaired) electrons. The summed E-state index contributed by atoms with van der Waals surface area (Å²) in [5, 5.41) is 14.8. The highest BCUT2D eigenvalue weighted by Crippen LogP contribution is 2.36. The van der Waals surface area contributed by atoms with Crippen molar-refractivity contribution in [2.24, 2.45) is 0 Å². The number of carbonyl (C=O) groups excluding carboxylic acids is 1. The minimum Gasteiger partial charge on any atom is -0.336 e. The Morgan fingerprint density at radius 2 is 1.68 bits per heavy atom. The summed E-state index contributed by atoms with van der Waals surface area (Å²) >= 11 is 5.89. The molecule has 0 unspecified atom stereocenters. The quantitative estimate of drug-likeness (QED) is 0.556. The maximum absolute atomic E-state index is 13.9. The molecular formula is C23H23ClF3N3O. The molecule has 2 aromatic rings. The van der Waals surface area contributed by atoms with Gasteiger partial charge in [0.25, 0.3) is 0 Å². The van der Waals surface area contributed by atoms with Crippen molar-refractivity contribution in [1.29, 1.82) is 5.26 Å². The first kappa shape index (κ1) is 23.1. The lowest BCUT2D eigenvalue weighted by molar-refractivity contribution is -0.161. The molecule has 2 aromatic carbocycles. The Hall–Kier alpha value is -2.56. The van der Waals surface area contributed by atoms with Crippen molar-refractivity contribution >= 4 is 17.5 Å². The van der Waals surface area contributed by atoms with Crippen LogP contribution in [-0.2, 0) is 4.79 Å². The van der Waals surface area contributed by atoms with E-state index in [-0.39, 0.29) is 12.0 Å². The van der Waals surface area contributed by atoms with Crippen LogP contribution in [0.2, 0.25) is 5.02 Å². The van der Waals surface area contributed by atoms with Gasteiger partial charge < -0.3 is 5.32 Å². The zero-order valence-electron chi connectivity index (χ0n) is 17.0. The summed E-state index contributed by atoms with van der Waals surface area (Å²) in [6.45, 7) is 1.79. The van der Waals surface area contributed by atoms with E-state index in [2.05, 4.69) is 10.6 Å². The lowest BCUT2D eigenvalue weighted by Crippen LogP contribution is -2.51. The van der Waals surface area contributed by atoms with Crippen molar-refractivity contribution in [2.75, 3.05) is 0 Å². The highest BCUT2D eigenvalue weighted by Gasteiger charge is 2.47. The molecule has 1 aliphatic carbocycles. The Kier molecular flexibility index (Phi) is 6.93. The van der Waals surface area contributed by atoms with Crippen molar-refractivity contribution in [3.63, 3.8) is 0 Å². The molecule has 164 valence electrons. The average molecular weight is 450 g/mol. The molecule has 0 heterocycles. The van der Waals surface area contributed by atoms with Crippen LogP contribution < -0.4 is 10.6 Å². The van der Waals surface area contributed by atoms with Crippen LogP contribution in [0, 0.1) is 11.3 Å². The second-order valence-electron chi connectivity index (χ2n) is 7.79. The molecule has 3 rings (SSSR count). The molecule has 1 fully saturated rings. The monoisotopic (exact) mass is 449 g/mol. The number of benzene rings is 2. The molecule has 0 saturated heterocycles. The highest BCUT2D eigenvalue weighted by molar-refractivity contribution is 6.30. The average Bonchev–Trinajstić information content (AvgIpc) is 3.51. The Balaban J connectivity index is 1.81. The molecule has 8 heteroatoms. The van der Waals surface area contributed by atoms with Gasteiger partial charge in [0.15, 0.2) is 0 Å². The number of nitrogens with zero attached hydrogens (tertiary/aromatic N) is 1. The molecule has 1 saturated carbocycles. The lowest BCUT2D eigenvalue weighted by atomic mass is 9.99. The number of halogens is 4. The summed E-state index contributed by atoms with van der Waals surface area (Å²) in [5.74, 6) is -0.576. The van der Waals surface area contributed by atoms with Crippen molar-refractivity contribution < 1.29 is 18.0 Å². The highest BCUT2D eigenvalue weighted by atomic mass is 35.5. The maximum Gasteiger partial charge on any atom is 0.407 e. The van der Waals surface area contributed by atoms with Crippen LogP contribution >= 0.6 is 11.6 Å². The zero-order chi connectivity index (χ0) is 22.6. The molecule has 1 aliphatic rings. The van der Waals surface area contributed by atoms with Crippen LogP contribution in [0.5, 0.6) is 0 Å². The van der Waals surface area contributed by atoms with E-state index >= 15 is 0 Å². The molecule has 0 spiro atoms. The van der Waals surface area contributed by atoms with Crippen molar-refractivity contribution in [3.05, 3.63) is 59.1 Å². The fraction of sp³-hybridized carbons (Fsp3) is 0.391. The standard InChI is InChI=1S/C23H23ClF3N3O/c1-2-3-19(21(31)30-22(14-28)12-13-22)29-20(23(25,26)27)17-6-4-15(5-7-17)16-8-10-18(24)11-9-16/h4-11,19-20,29H,2-3,12-13H2,1H3,(H,30,31)/t19-,20-/m0/s1. The molecule has 1 amide bonds. The van der Waals surface area contributed by atoms with Crippen LogP contribution in [0.3, 0.4) is 0 Å². The topological polar surface area (TPSA) is 64.9 Å². The molecule has 2 N–H and O–H groups in total. The van der Waals surface area contributed by atoms with E-state index < -0.39 is 29.7 Å². The number of nitrogens with one attached hydrogen (secondary N) is 2. The molecule has 4 nitrogen and oxygen atoms in total. The predicted molar refractivity (Wildman–Crippen MR) is 113 cm³/mol. The van der Waals surface area contributed by atoms with E-state index in [1.165, 1.54) is 12.1 Å². The number of rotatable bonds is 8. The van der Waals surface area contributed by atoms with E-state index in [4.69, 9.17) is 16.9 Å². The fourth-order valence-electron chi connectivity index (χ4n) is 3.38. The molecule has 2 atom stereocenters. The van der Waals surface area contributed by atoms with Crippen molar-refractivity contribution in [3.8, 4) is 17.2 Å². The first-order valence-corrected chi connectivity index (χ1v) is 10.5. The van der Waals surface area contributed by atoms with Gasteiger partial charge in [0.1, 0.15) is 11.6 Å². The molecule has 31 heavy (non-hydrogen) atoms. The summed E-state index contributed by atoms with van der Waals surface area (Å²) < 4.78 is 41.7. The zero-order valence-corrected chi connectivity index (χ0v) is 17.7. The first-order valence-electron chi connectivity index (χ1n) is 10.1. The second kappa shape index (κ2) is 9.29. The van der Waals surface area contributed by atoms with Gasteiger partial charge in [0, 0.05) is 5.02 Å². The summed E-state index contributed by atoms with van der Waals surface area (Å²) in [7, 11) is 0. The molecular weight excluding hydrogens is 427 g/mol. The SMILES string of the molecule is CCC[C@H](N[C@@H](c1ccc(-c2ccc(Cl)cc2)cc1)C(F)(F)F)C(=O)NC1(C#N)CC1. The smallest absolute Gasteiger partial charge is 0.336 e. The summed E-state index contributed by atoms with van der Waals surface area (Å²) in [4.78, 5) is 12.6. The van der Waals surface area contributed by atoms with Gasteiger partial charge >= 0.3 is 6.18 Å². The van der Waals surface area contributed by atoms with Crippen molar-refractivity contribution in [1.82, 2.24) is 10.6 Å². The van der Waals surface area contributed by atoms with Gasteiger partial charge in [0.05, 0.1) is 12.1 Å². The normalized spacial score (nSPS) is 16.8. The number of hydrogen-bond donors (Lipinski definition) is 2. The summed E-state index contributed by atoms with van der Waals surface area (Å²) in [6.07, 6.45) is -2.82. The molecule has 0 bridgehead atoms. The van der Waals surface area contributed by atoms with Crippen LogP contribution in [-0.4, -0.2) is 23.7 Å². The van der Waals surface area contributed by atoms with E-state index in [0.29, 0.717) is 24.3 Å². The van der Waals surface area contributed by atoms with Gasteiger partial charge in [-0.05, 0) is 48.1 Å². The second-order valence-corrected chi connectivity index (χ2v) is 8.23. The summed E-state index contributed by atoms with van der Waals surface area (Å²) in [6, 6.07) is 12.0. The van der Waals surface area contributed by atoms with Gasteiger partial charge in [-0.3, -0.25) is 10.1 Å². The Bertz CT molecular complexity index is 948. The van der Waals surface area contributed by atoms with Gasteiger partial charge in [0.2, 0.25) is 5.91 Å². The number of hydrogen-bond acceptors (Lipinski definition) is 3. The predicted octanol–water partition coefficient (Wildman–Crippen LogP) is 5.54.